The molecule has 0 saturated carbocycles. The van der Waals surface area contributed by atoms with Gasteiger partial charge >= 0.3 is 0 Å². The number of aromatic nitrogens is 4. The number of hydrogen-bond acceptors (Lipinski definition) is 0. The predicted molar refractivity (Wildman–Crippen MR) is 355 cm³/mol. The van der Waals surface area contributed by atoms with Gasteiger partial charge in [0.25, 0.3) is 13.4 Å². The van der Waals surface area contributed by atoms with E-state index in [4.69, 9.17) is 0 Å². The van der Waals surface area contributed by atoms with Crippen molar-refractivity contribution in [3.63, 3.8) is 0 Å². The molecule has 4 aliphatic rings. The maximum Gasteiger partial charge on any atom is 0.252 e. The SMILES string of the molecule is c1ccc(-c2ccc3c(c2)c2ccc4c5c2n3-c2cc3c(cc2B5c2cc(-c5ccccc5)cc5c6ccccc6n-4c25)-n2c4ccc(-c5ccccc5)cc4c4ccc5c(c42)B3c2cc(-c3ccccc3)cc3c4ccccc4n-5c23)cc1. The second kappa shape index (κ2) is 15.6. The van der Waals surface area contributed by atoms with Crippen molar-refractivity contribution in [2.24, 2.45) is 0 Å². The Bertz CT molecular complexity index is 5490. The summed E-state index contributed by atoms with van der Waals surface area (Å²) in [6.07, 6.45) is 0. The molecule has 4 aromatic heterocycles. The van der Waals surface area contributed by atoms with Crippen molar-refractivity contribution in [3.8, 4) is 67.3 Å². The van der Waals surface area contributed by atoms with E-state index in [1.54, 1.807) is 0 Å². The molecule has 0 aliphatic carbocycles. The zero-order valence-electron chi connectivity index (χ0n) is 45.3. The first-order chi connectivity index (χ1) is 41.7. The summed E-state index contributed by atoms with van der Waals surface area (Å²) in [5, 5.41) is 10.2. The minimum absolute atomic E-state index is 0.0888. The molecular formula is C78H44B2N4. The summed E-state index contributed by atoms with van der Waals surface area (Å²) < 4.78 is 10.6. The van der Waals surface area contributed by atoms with E-state index in [1.165, 1.54) is 187 Å². The largest absolute Gasteiger partial charge is 0.310 e. The van der Waals surface area contributed by atoms with Crippen LogP contribution in [0.4, 0.5) is 0 Å². The minimum atomic E-state index is -0.0888. The molecule has 0 saturated heterocycles. The lowest BCUT2D eigenvalue weighted by molar-refractivity contribution is 1.14. The highest BCUT2D eigenvalue weighted by atomic mass is 15.1. The van der Waals surface area contributed by atoms with E-state index in [-0.39, 0.29) is 13.4 Å². The van der Waals surface area contributed by atoms with Gasteiger partial charge in [0.1, 0.15) is 0 Å². The highest BCUT2D eigenvalue weighted by molar-refractivity contribution is 7.02. The summed E-state index contributed by atoms with van der Waals surface area (Å²) in [4.78, 5) is 0. The van der Waals surface area contributed by atoms with E-state index in [1.807, 2.05) is 0 Å². The maximum absolute atomic E-state index is 2.69. The second-order valence-electron chi connectivity index (χ2n) is 23.9. The van der Waals surface area contributed by atoms with Crippen molar-refractivity contribution < 1.29 is 0 Å². The summed E-state index contributed by atoms with van der Waals surface area (Å²) in [6.45, 7) is -0.178. The van der Waals surface area contributed by atoms with Gasteiger partial charge in [-0.3, -0.25) is 0 Å². The van der Waals surface area contributed by atoms with Gasteiger partial charge in [0.05, 0.1) is 33.1 Å². The number of hydrogen-bond donors (Lipinski definition) is 0. The van der Waals surface area contributed by atoms with Crippen LogP contribution in [0.2, 0.25) is 0 Å². The third-order valence-electron chi connectivity index (χ3n) is 19.9. The van der Waals surface area contributed by atoms with E-state index in [0.29, 0.717) is 0 Å². The van der Waals surface area contributed by atoms with Crippen LogP contribution in [-0.4, -0.2) is 31.7 Å². The fourth-order valence-electron chi connectivity index (χ4n) is 16.5. The van der Waals surface area contributed by atoms with E-state index in [9.17, 15) is 0 Å². The smallest absolute Gasteiger partial charge is 0.252 e. The molecule has 21 rings (SSSR count). The Morgan fingerprint density at radius 3 is 0.952 bits per heavy atom. The molecule has 0 amide bonds. The molecule has 84 heavy (non-hydrogen) atoms. The molecular weight excluding hydrogens is 1010 g/mol. The standard InChI is InChI=1S/C78H44B2N4/c1-5-17-45(18-6-1)49-29-33-67-57(37-49)55-31-35-69-73-77(55)83(67)71-43-62-72(44-61(71)79(73)63-41-51(47-21-9-3-10-22-47)39-59-53-25-13-15-27-65(53)81(69)75(59)63)84-68-34-30-50(46-19-7-2-8-20-46)38-58(68)56-32-36-70-74(78(56)84)80(62)64-42-52(48-23-11-4-12-24-48)40-60-54-26-14-16-28-66(54)82(70)76(60)64/h1-44H. The van der Waals surface area contributed by atoms with Gasteiger partial charge in [-0.1, -0.05) is 194 Å². The average molecular weight is 1060 g/mol. The maximum atomic E-state index is 2.69. The molecule has 0 radical (unpaired) electrons. The number of rotatable bonds is 4. The number of fused-ring (bicyclic) bond motifs is 22. The molecule has 0 unspecified atom stereocenters. The van der Waals surface area contributed by atoms with E-state index >= 15 is 0 Å². The van der Waals surface area contributed by atoms with Crippen molar-refractivity contribution in [1.82, 2.24) is 18.3 Å². The number of para-hydroxylation sites is 2. The van der Waals surface area contributed by atoms with Gasteiger partial charge in [-0.05, 0) is 150 Å². The Balaban J connectivity index is 0.948. The lowest BCUT2D eigenvalue weighted by Crippen LogP contribution is -2.62. The van der Waals surface area contributed by atoms with E-state index in [2.05, 4.69) is 285 Å². The fraction of sp³-hybridized carbons (Fsp3) is 0. The Hall–Kier alpha value is -10.8. The third kappa shape index (κ3) is 5.39. The highest BCUT2D eigenvalue weighted by Gasteiger charge is 2.46. The van der Waals surface area contributed by atoms with Gasteiger partial charge in [-0.2, -0.15) is 0 Å². The van der Waals surface area contributed by atoms with Gasteiger partial charge in [-0.25, -0.2) is 0 Å². The van der Waals surface area contributed by atoms with Gasteiger partial charge in [-0.15, -0.1) is 0 Å². The molecule has 13 aromatic carbocycles. The predicted octanol–water partition coefficient (Wildman–Crippen LogP) is 15.0. The monoisotopic (exact) mass is 1060 g/mol. The van der Waals surface area contributed by atoms with Crippen LogP contribution in [-0.2, 0) is 0 Å². The van der Waals surface area contributed by atoms with Crippen LogP contribution in [0.25, 0.3) is 154 Å². The van der Waals surface area contributed by atoms with Crippen molar-refractivity contribution in [1.29, 1.82) is 0 Å². The van der Waals surface area contributed by atoms with Gasteiger partial charge < -0.3 is 18.3 Å². The molecule has 17 aromatic rings. The lowest BCUT2D eigenvalue weighted by atomic mass is 9.31. The summed E-state index contributed by atoms with van der Waals surface area (Å²) in [7, 11) is 0. The molecule has 0 N–H and O–H groups in total. The normalized spacial score (nSPS) is 13.2. The van der Waals surface area contributed by atoms with E-state index in [0.717, 1.165) is 0 Å². The minimum Gasteiger partial charge on any atom is -0.310 e. The Kier molecular flexibility index (Phi) is 8.15. The molecule has 382 valence electrons. The number of benzene rings is 13. The molecule has 6 heteroatoms. The molecule has 0 spiro atoms. The van der Waals surface area contributed by atoms with Crippen LogP contribution in [0.5, 0.6) is 0 Å². The van der Waals surface area contributed by atoms with Crippen molar-refractivity contribution in [2.75, 3.05) is 0 Å². The van der Waals surface area contributed by atoms with E-state index < -0.39 is 0 Å². The Labute approximate surface area is 483 Å². The Morgan fingerprint density at radius 2 is 0.536 bits per heavy atom. The molecule has 0 bridgehead atoms. The van der Waals surface area contributed by atoms with Crippen molar-refractivity contribution in [3.05, 3.63) is 267 Å². The zero-order chi connectivity index (χ0) is 54.2. The van der Waals surface area contributed by atoms with Gasteiger partial charge in [0, 0.05) is 76.9 Å². The van der Waals surface area contributed by atoms with Crippen molar-refractivity contribution in [2.45, 2.75) is 0 Å². The lowest BCUT2D eigenvalue weighted by Gasteiger charge is -2.37. The quantitative estimate of drug-likeness (QED) is 0.157. The van der Waals surface area contributed by atoms with Crippen molar-refractivity contribution >= 4 is 133 Å². The molecule has 8 heterocycles. The molecule has 4 aliphatic heterocycles. The fourth-order valence-corrected chi connectivity index (χ4v) is 16.5. The second-order valence-corrected chi connectivity index (χ2v) is 23.9. The summed E-state index contributed by atoms with van der Waals surface area (Å²) in [6, 6.07) is 102. The molecule has 0 atom stereocenters. The first-order valence-electron chi connectivity index (χ1n) is 29.5. The van der Waals surface area contributed by atoms with Crippen LogP contribution >= 0.6 is 0 Å². The Morgan fingerprint density at radius 1 is 0.190 bits per heavy atom. The van der Waals surface area contributed by atoms with Gasteiger partial charge in [0.15, 0.2) is 0 Å². The highest BCUT2D eigenvalue weighted by Crippen LogP contribution is 2.46. The first-order valence-corrected chi connectivity index (χ1v) is 29.5. The number of nitrogens with zero attached hydrogens (tertiary/aromatic N) is 4. The van der Waals surface area contributed by atoms with Gasteiger partial charge in [0.2, 0.25) is 0 Å². The summed E-state index contributed by atoms with van der Waals surface area (Å²) >= 11 is 0. The van der Waals surface area contributed by atoms with Crippen LogP contribution in [0.15, 0.2) is 267 Å². The van der Waals surface area contributed by atoms with Crippen LogP contribution in [0, 0.1) is 0 Å². The zero-order valence-corrected chi connectivity index (χ0v) is 45.3. The molecule has 0 fully saturated rings. The third-order valence-corrected chi connectivity index (χ3v) is 19.9. The first kappa shape index (κ1) is 43.9. The van der Waals surface area contributed by atoms with Crippen LogP contribution < -0.4 is 32.8 Å². The van der Waals surface area contributed by atoms with Crippen LogP contribution in [0.3, 0.4) is 0 Å². The molecule has 4 nitrogen and oxygen atoms in total. The summed E-state index contributed by atoms with van der Waals surface area (Å²) in [5.74, 6) is 0. The topological polar surface area (TPSA) is 19.7 Å². The average Bonchev–Trinajstić information content (AvgIpc) is 1.48. The summed E-state index contributed by atoms with van der Waals surface area (Å²) in [5.41, 5.74) is 33.0. The van der Waals surface area contributed by atoms with Crippen LogP contribution in [0.1, 0.15) is 0 Å².